The first-order valence-corrected chi connectivity index (χ1v) is 11.7. The summed E-state index contributed by atoms with van der Waals surface area (Å²) in [5, 5.41) is 33.2. The highest BCUT2D eigenvalue weighted by Crippen LogP contribution is 2.54. The van der Waals surface area contributed by atoms with Gasteiger partial charge in [0.05, 0.1) is 23.8 Å². The van der Waals surface area contributed by atoms with E-state index in [1.54, 1.807) is 13.0 Å². The maximum Gasteiger partial charge on any atom is 0.344 e. The molecule has 0 aromatic heterocycles. The Morgan fingerprint density at radius 1 is 0.838 bits per heavy atom. The number of esters is 1. The molecule has 37 heavy (non-hydrogen) atoms. The highest BCUT2D eigenvalue weighted by Gasteiger charge is 2.44. The van der Waals surface area contributed by atoms with Crippen LogP contribution in [0.3, 0.4) is 0 Å². The van der Waals surface area contributed by atoms with Gasteiger partial charge in [-0.25, -0.2) is 4.79 Å². The first-order chi connectivity index (χ1) is 17.6. The number of hydrogen-bond acceptors (Lipinski definition) is 9. The Balaban J connectivity index is 1.66. The molecular weight excluding hydrogens is 480 g/mol. The summed E-state index contributed by atoms with van der Waals surface area (Å²) < 4.78 is 16.4. The van der Waals surface area contributed by atoms with Crippen LogP contribution in [0.5, 0.6) is 23.0 Å². The van der Waals surface area contributed by atoms with Crippen LogP contribution in [0.2, 0.25) is 0 Å². The van der Waals surface area contributed by atoms with Gasteiger partial charge >= 0.3 is 5.97 Å². The predicted molar refractivity (Wildman–Crippen MR) is 129 cm³/mol. The van der Waals surface area contributed by atoms with Gasteiger partial charge in [-0.2, -0.15) is 0 Å². The Kier molecular flexibility index (Phi) is 4.71. The molecule has 188 valence electrons. The number of rotatable bonds is 2. The van der Waals surface area contributed by atoms with Crippen LogP contribution < -0.4 is 4.74 Å². The summed E-state index contributed by atoms with van der Waals surface area (Å²) in [6, 6.07) is 5.92. The Bertz CT molecular complexity index is 1600. The van der Waals surface area contributed by atoms with Crippen molar-refractivity contribution >= 4 is 17.5 Å². The van der Waals surface area contributed by atoms with Gasteiger partial charge < -0.3 is 29.5 Å². The van der Waals surface area contributed by atoms with E-state index in [1.807, 2.05) is 0 Å². The first kappa shape index (κ1) is 23.1. The fourth-order valence-electron chi connectivity index (χ4n) is 5.79. The summed E-state index contributed by atoms with van der Waals surface area (Å²) in [5.41, 5.74) is 1.22. The summed E-state index contributed by atoms with van der Waals surface area (Å²) in [4.78, 5) is 40.0. The lowest BCUT2D eigenvalue weighted by atomic mass is 9.74. The molecule has 9 nitrogen and oxygen atoms in total. The molecule has 0 saturated heterocycles. The summed E-state index contributed by atoms with van der Waals surface area (Å²) in [6.45, 7) is 1.63. The molecule has 3 N–H and O–H groups in total. The lowest BCUT2D eigenvalue weighted by Crippen LogP contribution is -2.40. The molecule has 2 aliphatic carbocycles. The molecule has 3 aliphatic rings. The van der Waals surface area contributed by atoms with Gasteiger partial charge in [0.1, 0.15) is 28.6 Å². The van der Waals surface area contributed by atoms with E-state index in [0.29, 0.717) is 29.5 Å². The number of cyclic esters (lactones) is 1. The van der Waals surface area contributed by atoms with Gasteiger partial charge in [-0.15, -0.1) is 0 Å². The molecule has 1 unspecified atom stereocenters. The first-order valence-electron chi connectivity index (χ1n) is 11.7. The van der Waals surface area contributed by atoms with Crippen LogP contribution >= 0.6 is 0 Å². The Labute approximate surface area is 210 Å². The van der Waals surface area contributed by atoms with E-state index in [9.17, 15) is 29.7 Å². The van der Waals surface area contributed by atoms with Gasteiger partial charge in [0, 0.05) is 42.7 Å². The van der Waals surface area contributed by atoms with E-state index in [1.165, 1.54) is 32.4 Å². The molecule has 0 spiro atoms. The van der Waals surface area contributed by atoms with Crippen molar-refractivity contribution in [3.05, 3.63) is 68.8 Å². The van der Waals surface area contributed by atoms with Crippen LogP contribution in [-0.2, 0) is 28.7 Å². The fourth-order valence-corrected chi connectivity index (χ4v) is 5.79. The number of phenolic OH excluding ortho intramolecular Hbond substituents is 3. The average molecular weight is 502 g/mol. The van der Waals surface area contributed by atoms with Crippen molar-refractivity contribution in [2.75, 3.05) is 14.2 Å². The van der Waals surface area contributed by atoms with E-state index in [2.05, 4.69) is 0 Å². The third-order valence-electron chi connectivity index (χ3n) is 7.51. The second-order valence-corrected chi connectivity index (χ2v) is 9.54. The maximum atomic E-state index is 13.5. The number of ether oxygens (including phenoxy) is 3. The molecular formula is C28H22O9. The van der Waals surface area contributed by atoms with E-state index in [4.69, 9.17) is 14.2 Å². The third-order valence-corrected chi connectivity index (χ3v) is 7.51. The SMILES string of the molecule is COc1c2c(c(O)c3c1C(=O)c1c(O)cccc1C3=O)-c1c(cc3c(c1O)C(=O)OC(C)(OC)C3)CC2. The molecule has 0 bridgehead atoms. The van der Waals surface area contributed by atoms with Crippen molar-refractivity contribution in [1.29, 1.82) is 0 Å². The topological polar surface area (TPSA) is 140 Å². The molecule has 0 amide bonds. The quantitative estimate of drug-likeness (QED) is 0.352. The highest BCUT2D eigenvalue weighted by atomic mass is 16.7. The lowest BCUT2D eigenvalue weighted by Gasteiger charge is -2.35. The zero-order valence-electron chi connectivity index (χ0n) is 20.2. The van der Waals surface area contributed by atoms with Gasteiger partial charge in [0.25, 0.3) is 0 Å². The maximum absolute atomic E-state index is 13.5. The molecule has 3 aromatic rings. The number of aromatic hydroxyl groups is 3. The van der Waals surface area contributed by atoms with Crippen molar-refractivity contribution in [3.8, 4) is 34.1 Å². The van der Waals surface area contributed by atoms with Crippen molar-refractivity contribution in [2.24, 2.45) is 0 Å². The summed E-state index contributed by atoms with van der Waals surface area (Å²) >= 11 is 0. The zero-order chi connectivity index (χ0) is 26.4. The molecule has 1 atom stereocenters. The Hall–Kier alpha value is -4.37. The van der Waals surface area contributed by atoms with Crippen LogP contribution in [0.25, 0.3) is 11.1 Å². The molecule has 1 aliphatic heterocycles. The van der Waals surface area contributed by atoms with E-state index in [0.717, 1.165) is 0 Å². The van der Waals surface area contributed by atoms with Gasteiger partial charge in [0.2, 0.25) is 11.6 Å². The van der Waals surface area contributed by atoms with E-state index >= 15 is 0 Å². The highest BCUT2D eigenvalue weighted by molar-refractivity contribution is 6.32. The van der Waals surface area contributed by atoms with Gasteiger partial charge in [-0.1, -0.05) is 18.2 Å². The van der Waals surface area contributed by atoms with Crippen LogP contribution in [0.1, 0.15) is 65.8 Å². The Morgan fingerprint density at radius 3 is 2.27 bits per heavy atom. The number of carbonyl (C=O) groups excluding carboxylic acids is 3. The molecule has 6 rings (SSSR count). The minimum atomic E-state index is -1.19. The molecule has 1 heterocycles. The van der Waals surface area contributed by atoms with Crippen molar-refractivity contribution in [2.45, 2.75) is 32.0 Å². The van der Waals surface area contributed by atoms with E-state index < -0.39 is 29.1 Å². The number of hydrogen-bond donors (Lipinski definition) is 3. The molecule has 0 radical (unpaired) electrons. The minimum Gasteiger partial charge on any atom is -0.507 e. The van der Waals surface area contributed by atoms with Crippen LogP contribution in [0, 0.1) is 0 Å². The van der Waals surface area contributed by atoms with Crippen molar-refractivity contribution in [1.82, 2.24) is 0 Å². The lowest BCUT2D eigenvalue weighted by molar-refractivity contribution is -0.177. The smallest absolute Gasteiger partial charge is 0.344 e. The molecule has 3 aromatic carbocycles. The number of benzene rings is 3. The average Bonchev–Trinajstić information content (AvgIpc) is 2.86. The zero-order valence-corrected chi connectivity index (χ0v) is 20.2. The minimum absolute atomic E-state index is 0.0464. The second-order valence-electron chi connectivity index (χ2n) is 9.54. The van der Waals surface area contributed by atoms with Crippen molar-refractivity contribution in [3.63, 3.8) is 0 Å². The number of ketones is 2. The number of fused-ring (bicyclic) bond motifs is 6. The van der Waals surface area contributed by atoms with Crippen molar-refractivity contribution < 1.29 is 43.9 Å². The second kappa shape index (κ2) is 7.57. The predicted octanol–water partition coefficient (Wildman–Crippen LogP) is 3.43. The Morgan fingerprint density at radius 2 is 1.57 bits per heavy atom. The van der Waals surface area contributed by atoms with Gasteiger partial charge in [-0.05, 0) is 30.0 Å². The monoisotopic (exact) mass is 502 g/mol. The van der Waals surface area contributed by atoms with Gasteiger partial charge in [-0.3, -0.25) is 9.59 Å². The van der Waals surface area contributed by atoms with Crippen LogP contribution in [0.15, 0.2) is 24.3 Å². The largest absolute Gasteiger partial charge is 0.507 e. The number of phenols is 3. The third kappa shape index (κ3) is 2.91. The number of carbonyl (C=O) groups is 3. The van der Waals surface area contributed by atoms with E-state index in [-0.39, 0.29) is 62.6 Å². The van der Waals surface area contributed by atoms with Gasteiger partial charge in [0.15, 0.2) is 5.78 Å². The number of aryl methyl sites for hydroxylation is 1. The van der Waals surface area contributed by atoms with Crippen LogP contribution in [0.4, 0.5) is 0 Å². The molecule has 0 saturated carbocycles. The fraction of sp³-hybridized carbons (Fsp3) is 0.250. The van der Waals surface area contributed by atoms with Crippen LogP contribution in [-0.4, -0.2) is 52.9 Å². The molecule has 0 fully saturated rings. The standard InChI is InChI=1S/C28H22O9/c1-28(36-3)10-12-9-11-7-8-14-19(16(11)23(31)17(12)27(34)37-28)25(33)20-21(26(14)35-2)24(32)18-13(22(20)30)5-4-6-15(18)29/h4-6,9,29,31,33H,7-8,10H2,1-3H3. The summed E-state index contributed by atoms with van der Waals surface area (Å²) in [5.74, 6) is -4.45. The normalized spacial score (nSPS) is 19.3. The summed E-state index contributed by atoms with van der Waals surface area (Å²) in [7, 11) is 2.77. The summed E-state index contributed by atoms with van der Waals surface area (Å²) in [6.07, 6.45) is 0.942. The number of methoxy groups -OCH3 is 2. The molecule has 9 heteroatoms.